The minimum absolute atomic E-state index is 0.239. The van der Waals surface area contributed by atoms with Gasteiger partial charge < -0.3 is 9.73 Å². The maximum Gasteiger partial charge on any atom is 0.419 e. The van der Waals surface area contributed by atoms with Crippen molar-refractivity contribution >= 4 is 0 Å². The SMILES string of the molecule is CCNCCc1nnc(-c2cccc(C(F)(F)F)c2F)o1. The van der Waals surface area contributed by atoms with E-state index >= 15 is 0 Å². The number of aromatic nitrogens is 2. The molecule has 0 aliphatic carbocycles. The molecule has 1 aromatic heterocycles. The Morgan fingerprint density at radius 1 is 1.24 bits per heavy atom. The summed E-state index contributed by atoms with van der Waals surface area (Å²) in [4.78, 5) is 0. The van der Waals surface area contributed by atoms with Gasteiger partial charge in [0.15, 0.2) is 0 Å². The van der Waals surface area contributed by atoms with Crippen molar-refractivity contribution in [3.63, 3.8) is 0 Å². The van der Waals surface area contributed by atoms with Crippen molar-refractivity contribution in [2.45, 2.75) is 19.5 Å². The largest absolute Gasteiger partial charge is 0.421 e. The first-order chi connectivity index (χ1) is 9.93. The van der Waals surface area contributed by atoms with Crippen molar-refractivity contribution in [3.8, 4) is 11.5 Å². The summed E-state index contributed by atoms with van der Waals surface area (Å²) in [5, 5.41) is 10.3. The van der Waals surface area contributed by atoms with Gasteiger partial charge in [0.1, 0.15) is 5.82 Å². The summed E-state index contributed by atoms with van der Waals surface area (Å²) in [6.45, 7) is 3.28. The van der Waals surface area contributed by atoms with Crippen LogP contribution < -0.4 is 5.32 Å². The first-order valence-electron chi connectivity index (χ1n) is 6.32. The maximum atomic E-state index is 13.9. The molecule has 1 aromatic carbocycles. The highest BCUT2D eigenvalue weighted by molar-refractivity contribution is 5.55. The fourth-order valence-corrected chi connectivity index (χ4v) is 1.75. The molecular weight excluding hydrogens is 290 g/mol. The van der Waals surface area contributed by atoms with Crippen LogP contribution in [0.4, 0.5) is 17.6 Å². The van der Waals surface area contributed by atoms with E-state index in [1.54, 1.807) is 0 Å². The van der Waals surface area contributed by atoms with Crippen molar-refractivity contribution < 1.29 is 22.0 Å². The number of nitrogens with zero attached hydrogens (tertiary/aromatic N) is 2. The van der Waals surface area contributed by atoms with Gasteiger partial charge in [-0.1, -0.05) is 13.0 Å². The van der Waals surface area contributed by atoms with E-state index in [1.165, 1.54) is 6.07 Å². The Morgan fingerprint density at radius 3 is 2.67 bits per heavy atom. The van der Waals surface area contributed by atoms with E-state index in [9.17, 15) is 17.6 Å². The molecule has 114 valence electrons. The molecular formula is C13H13F4N3O. The maximum absolute atomic E-state index is 13.9. The minimum Gasteiger partial charge on any atom is -0.421 e. The third kappa shape index (κ3) is 3.57. The summed E-state index contributed by atoms with van der Waals surface area (Å²) in [6.07, 6.45) is -4.35. The van der Waals surface area contributed by atoms with Gasteiger partial charge in [0, 0.05) is 13.0 Å². The lowest BCUT2D eigenvalue weighted by molar-refractivity contribution is -0.139. The third-order valence-corrected chi connectivity index (χ3v) is 2.77. The number of nitrogens with one attached hydrogen (secondary N) is 1. The molecule has 2 rings (SSSR count). The van der Waals surface area contributed by atoms with Crippen LogP contribution in [0.5, 0.6) is 0 Å². The van der Waals surface area contributed by atoms with Gasteiger partial charge in [-0.25, -0.2) is 4.39 Å². The highest BCUT2D eigenvalue weighted by atomic mass is 19.4. The van der Waals surface area contributed by atoms with Crippen LogP contribution in [0.25, 0.3) is 11.5 Å². The monoisotopic (exact) mass is 303 g/mol. The summed E-state index contributed by atoms with van der Waals surface area (Å²) in [7, 11) is 0. The summed E-state index contributed by atoms with van der Waals surface area (Å²) in [6, 6.07) is 2.94. The fraction of sp³-hybridized carbons (Fsp3) is 0.385. The van der Waals surface area contributed by atoms with E-state index in [2.05, 4.69) is 15.5 Å². The Labute approximate surface area is 118 Å². The summed E-state index contributed by atoms with van der Waals surface area (Å²) in [5.41, 5.74) is -1.71. The van der Waals surface area contributed by atoms with Crippen LogP contribution in [0.3, 0.4) is 0 Å². The molecule has 0 amide bonds. The number of benzene rings is 1. The molecule has 0 atom stereocenters. The molecule has 2 aromatic rings. The van der Waals surface area contributed by atoms with Crippen LogP contribution in [0.1, 0.15) is 18.4 Å². The lowest BCUT2D eigenvalue weighted by atomic mass is 10.1. The van der Waals surface area contributed by atoms with Crippen LogP contribution in [0.2, 0.25) is 0 Å². The van der Waals surface area contributed by atoms with Crippen LogP contribution in [-0.2, 0) is 12.6 Å². The van der Waals surface area contributed by atoms with Crippen LogP contribution in [0.15, 0.2) is 22.6 Å². The lowest BCUT2D eigenvalue weighted by Gasteiger charge is -2.09. The van der Waals surface area contributed by atoms with E-state index in [-0.39, 0.29) is 17.3 Å². The summed E-state index contributed by atoms with van der Waals surface area (Å²) >= 11 is 0. The van der Waals surface area contributed by atoms with Gasteiger partial charge in [-0.15, -0.1) is 10.2 Å². The van der Waals surface area contributed by atoms with Gasteiger partial charge in [-0.3, -0.25) is 0 Å². The number of likely N-dealkylation sites (N-methyl/N-ethyl adjacent to an activating group) is 1. The zero-order valence-electron chi connectivity index (χ0n) is 11.2. The average molecular weight is 303 g/mol. The number of hydrogen-bond acceptors (Lipinski definition) is 4. The standard InChI is InChI=1S/C13H13F4N3O/c1-2-18-7-6-10-19-20-12(21-10)8-4-3-5-9(11(8)14)13(15,16)17/h3-5,18H,2,6-7H2,1H3. The fourth-order valence-electron chi connectivity index (χ4n) is 1.75. The van der Waals surface area contributed by atoms with Gasteiger partial charge >= 0.3 is 6.18 Å². The molecule has 1 heterocycles. The predicted molar refractivity (Wildman–Crippen MR) is 66.9 cm³/mol. The van der Waals surface area contributed by atoms with Crippen LogP contribution >= 0.6 is 0 Å². The normalized spacial score (nSPS) is 11.9. The molecule has 4 nitrogen and oxygen atoms in total. The molecule has 0 unspecified atom stereocenters. The number of alkyl halides is 3. The Balaban J connectivity index is 2.26. The van der Waals surface area contributed by atoms with Gasteiger partial charge in [0.2, 0.25) is 5.89 Å². The minimum atomic E-state index is -4.77. The zero-order valence-corrected chi connectivity index (χ0v) is 11.2. The molecule has 1 N–H and O–H groups in total. The van der Waals surface area contributed by atoms with Gasteiger partial charge in [0.05, 0.1) is 11.1 Å². The van der Waals surface area contributed by atoms with Crippen molar-refractivity contribution in [2.75, 3.05) is 13.1 Å². The predicted octanol–water partition coefficient (Wildman–Crippen LogP) is 3.05. The molecule has 8 heteroatoms. The topological polar surface area (TPSA) is 51.0 Å². The Kier molecular flexibility index (Phi) is 4.56. The molecule has 0 aliphatic rings. The lowest BCUT2D eigenvalue weighted by Crippen LogP contribution is -2.16. The third-order valence-electron chi connectivity index (χ3n) is 2.77. The van der Waals surface area contributed by atoms with E-state index in [1.807, 2.05) is 6.92 Å². The van der Waals surface area contributed by atoms with Crippen LogP contribution in [-0.4, -0.2) is 23.3 Å². The van der Waals surface area contributed by atoms with Crippen molar-refractivity contribution in [1.82, 2.24) is 15.5 Å². The van der Waals surface area contributed by atoms with Gasteiger partial charge in [-0.05, 0) is 18.7 Å². The second-order valence-electron chi connectivity index (χ2n) is 4.27. The van der Waals surface area contributed by atoms with Crippen LogP contribution in [0, 0.1) is 5.82 Å². The molecule has 0 bridgehead atoms. The molecule has 0 fully saturated rings. The van der Waals surface area contributed by atoms with Gasteiger partial charge in [-0.2, -0.15) is 13.2 Å². The first kappa shape index (κ1) is 15.4. The highest BCUT2D eigenvalue weighted by Crippen LogP contribution is 2.35. The molecule has 0 spiro atoms. The van der Waals surface area contributed by atoms with Crippen molar-refractivity contribution in [1.29, 1.82) is 0 Å². The zero-order chi connectivity index (χ0) is 15.5. The molecule has 0 radical (unpaired) electrons. The Hall–Kier alpha value is -1.96. The molecule has 21 heavy (non-hydrogen) atoms. The van der Waals surface area contributed by atoms with E-state index in [0.717, 1.165) is 12.6 Å². The summed E-state index contributed by atoms with van der Waals surface area (Å²) < 4.78 is 57.0. The highest BCUT2D eigenvalue weighted by Gasteiger charge is 2.35. The number of hydrogen-bond donors (Lipinski definition) is 1. The van der Waals surface area contributed by atoms with E-state index in [4.69, 9.17) is 4.42 Å². The molecule has 0 saturated carbocycles. The second-order valence-corrected chi connectivity index (χ2v) is 4.27. The first-order valence-corrected chi connectivity index (χ1v) is 6.32. The van der Waals surface area contributed by atoms with E-state index < -0.39 is 17.6 Å². The smallest absolute Gasteiger partial charge is 0.419 e. The van der Waals surface area contributed by atoms with Crippen molar-refractivity contribution in [3.05, 3.63) is 35.5 Å². The number of halogens is 4. The Bertz CT molecular complexity index is 610. The molecule has 0 saturated heterocycles. The molecule has 0 aliphatic heterocycles. The number of rotatable bonds is 5. The second kappa shape index (κ2) is 6.21. The van der Waals surface area contributed by atoms with Crippen molar-refractivity contribution in [2.24, 2.45) is 0 Å². The summed E-state index contributed by atoms with van der Waals surface area (Å²) in [5.74, 6) is -1.43. The quantitative estimate of drug-likeness (QED) is 0.681. The van der Waals surface area contributed by atoms with E-state index in [0.29, 0.717) is 19.0 Å². The average Bonchev–Trinajstić information content (AvgIpc) is 2.86. The van der Waals surface area contributed by atoms with Gasteiger partial charge in [0.25, 0.3) is 5.89 Å². The Morgan fingerprint density at radius 2 is 2.00 bits per heavy atom.